The van der Waals surface area contributed by atoms with Crippen LogP contribution in [-0.4, -0.2) is 48.1 Å². The molecule has 3 fully saturated rings. The minimum Gasteiger partial charge on any atom is -0.356 e. The van der Waals surface area contributed by atoms with E-state index in [9.17, 15) is 4.79 Å². The highest BCUT2D eigenvalue weighted by molar-refractivity contribution is 5.76. The molecule has 26 heavy (non-hydrogen) atoms. The molecule has 0 radical (unpaired) electrons. The molecule has 2 saturated heterocycles. The van der Waals surface area contributed by atoms with Crippen molar-refractivity contribution in [1.82, 2.24) is 15.3 Å². The molecule has 1 aliphatic carbocycles. The summed E-state index contributed by atoms with van der Waals surface area (Å²) in [4.78, 5) is 26.0. The molecule has 1 N–H and O–H groups in total. The average molecular weight is 358 g/mol. The number of amides is 1. The Labute approximate surface area is 156 Å². The van der Waals surface area contributed by atoms with Crippen molar-refractivity contribution in [3.63, 3.8) is 0 Å². The van der Waals surface area contributed by atoms with Gasteiger partial charge in [0.05, 0.1) is 0 Å². The molecule has 3 heterocycles. The van der Waals surface area contributed by atoms with E-state index in [4.69, 9.17) is 0 Å². The summed E-state index contributed by atoms with van der Waals surface area (Å²) in [6, 6.07) is 2.36. The lowest BCUT2D eigenvalue weighted by Gasteiger charge is -2.34. The van der Waals surface area contributed by atoms with Gasteiger partial charge in [-0.3, -0.25) is 4.79 Å². The molecule has 1 atom stereocenters. The summed E-state index contributed by atoms with van der Waals surface area (Å²) in [6.07, 6.45) is 12.1. The van der Waals surface area contributed by atoms with Crippen molar-refractivity contribution >= 4 is 17.5 Å². The average Bonchev–Trinajstić information content (AvgIpc) is 3.36. The van der Waals surface area contributed by atoms with Crippen LogP contribution in [0.2, 0.25) is 0 Å². The fraction of sp³-hybridized carbons (Fsp3) is 0.750. The molecular formula is C20H31N5O. The Morgan fingerprint density at radius 3 is 2.42 bits per heavy atom. The van der Waals surface area contributed by atoms with Crippen molar-refractivity contribution in [2.45, 2.75) is 63.8 Å². The molecular weight excluding hydrogens is 326 g/mol. The molecule has 0 spiro atoms. The van der Waals surface area contributed by atoms with Gasteiger partial charge in [-0.25, -0.2) is 9.97 Å². The Bertz CT molecular complexity index is 610. The lowest BCUT2D eigenvalue weighted by atomic mass is 10.0. The molecule has 0 bridgehead atoms. The van der Waals surface area contributed by atoms with Gasteiger partial charge < -0.3 is 15.1 Å². The minimum atomic E-state index is 0.239. The number of rotatable bonds is 5. The third-order valence-corrected chi connectivity index (χ3v) is 6.13. The maximum atomic E-state index is 12.4. The Kier molecular flexibility index (Phi) is 5.56. The second-order valence-electron chi connectivity index (χ2n) is 8.14. The first-order valence-electron chi connectivity index (χ1n) is 10.4. The SMILES string of the molecule is O=C(CC1CCCC1)N[C@H]1CCCN(c2cc(N3CCCC3)ncn2)C1. The van der Waals surface area contributed by atoms with Crippen LogP contribution in [-0.2, 0) is 4.79 Å². The van der Waals surface area contributed by atoms with E-state index >= 15 is 0 Å². The van der Waals surface area contributed by atoms with E-state index in [1.807, 2.05) is 0 Å². The number of piperidine rings is 1. The van der Waals surface area contributed by atoms with Crippen LogP contribution in [0, 0.1) is 5.92 Å². The molecule has 1 saturated carbocycles. The fourth-order valence-electron chi connectivity index (χ4n) is 4.70. The van der Waals surface area contributed by atoms with Gasteiger partial charge in [-0.15, -0.1) is 0 Å². The summed E-state index contributed by atoms with van der Waals surface area (Å²) >= 11 is 0. The van der Waals surface area contributed by atoms with E-state index in [1.165, 1.54) is 38.5 Å². The molecule has 1 aromatic rings. The number of nitrogens with zero attached hydrogens (tertiary/aromatic N) is 4. The van der Waals surface area contributed by atoms with Gasteiger partial charge in [0, 0.05) is 44.7 Å². The Morgan fingerprint density at radius 1 is 0.962 bits per heavy atom. The topological polar surface area (TPSA) is 61.4 Å². The zero-order valence-corrected chi connectivity index (χ0v) is 15.7. The normalized spacial score (nSPS) is 24.2. The van der Waals surface area contributed by atoms with Crippen molar-refractivity contribution in [3.8, 4) is 0 Å². The highest BCUT2D eigenvalue weighted by Crippen LogP contribution is 2.28. The molecule has 0 aromatic carbocycles. The van der Waals surface area contributed by atoms with Gasteiger partial charge in [0.25, 0.3) is 0 Å². The fourth-order valence-corrected chi connectivity index (χ4v) is 4.70. The molecule has 2 aliphatic heterocycles. The number of hydrogen-bond donors (Lipinski definition) is 1. The summed E-state index contributed by atoms with van der Waals surface area (Å²) in [5.41, 5.74) is 0. The molecule has 0 unspecified atom stereocenters. The van der Waals surface area contributed by atoms with Crippen molar-refractivity contribution < 1.29 is 4.79 Å². The van der Waals surface area contributed by atoms with Crippen LogP contribution in [0.5, 0.6) is 0 Å². The van der Waals surface area contributed by atoms with Crippen molar-refractivity contribution in [1.29, 1.82) is 0 Å². The van der Waals surface area contributed by atoms with Crippen LogP contribution in [0.3, 0.4) is 0 Å². The predicted octanol–water partition coefficient (Wildman–Crippen LogP) is 2.74. The first kappa shape index (κ1) is 17.6. The standard InChI is InChI=1S/C20H31N5O/c26-20(12-16-6-1-2-7-16)23-17-8-5-11-25(14-17)19-13-18(21-15-22-19)24-9-3-4-10-24/h13,15-17H,1-12,14H2,(H,23,26)/t17-/m0/s1. The van der Waals surface area contributed by atoms with E-state index in [2.05, 4.69) is 31.2 Å². The lowest BCUT2D eigenvalue weighted by molar-refractivity contribution is -0.122. The number of anilines is 2. The lowest BCUT2D eigenvalue weighted by Crippen LogP contribution is -2.48. The minimum absolute atomic E-state index is 0.239. The van der Waals surface area contributed by atoms with Crippen molar-refractivity contribution in [2.75, 3.05) is 36.0 Å². The van der Waals surface area contributed by atoms with Gasteiger partial charge in [0.1, 0.15) is 18.0 Å². The number of nitrogens with one attached hydrogen (secondary N) is 1. The van der Waals surface area contributed by atoms with E-state index in [-0.39, 0.29) is 11.9 Å². The molecule has 1 amide bonds. The summed E-state index contributed by atoms with van der Waals surface area (Å²) in [5, 5.41) is 3.28. The van der Waals surface area contributed by atoms with Crippen LogP contribution in [0.4, 0.5) is 11.6 Å². The number of carbonyl (C=O) groups is 1. The van der Waals surface area contributed by atoms with E-state index < -0.39 is 0 Å². The largest absolute Gasteiger partial charge is 0.356 e. The van der Waals surface area contributed by atoms with E-state index in [0.29, 0.717) is 12.3 Å². The number of hydrogen-bond acceptors (Lipinski definition) is 5. The molecule has 142 valence electrons. The highest BCUT2D eigenvalue weighted by atomic mass is 16.1. The Balaban J connectivity index is 1.34. The van der Waals surface area contributed by atoms with Gasteiger partial charge in [0.2, 0.25) is 5.91 Å². The van der Waals surface area contributed by atoms with Gasteiger partial charge in [-0.1, -0.05) is 12.8 Å². The van der Waals surface area contributed by atoms with Gasteiger partial charge >= 0.3 is 0 Å². The molecule has 4 rings (SSSR count). The Morgan fingerprint density at radius 2 is 1.65 bits per heavy atom. The quantitative estimate of drug-likeness (QED) is 0.878. The number of aromatic nitrogens is 2. The third-order valence-electron chi connectivity index (χ3n) is 6.13. The van der Waals surface area contributed by atoms with Crippen LogP contribution >= 0.6 is 0 Å². The second-order valence-corrected chi connectivity index (χ2v) is 8.14. The van der Waals surface area contributed by atoms with Gasteiger partial charge in [-0.05, 0) is 44.4 Å². The zero-order valence-electron chi connectivity index (χ0n) is 15.7. The smallest absolute Gasteiger partial charge is 0.220 e. The first-order chi connectivity index (χ1) is 12.8. The predicted molar refractivity (Wildman–Crippen MR) is 103 cm³/mol. The van der Waals surface area contributed by atoms with E-state index in [0.717, 1.165) is 50.7 Å². The highest BCUT2D eigenvalue weighted by Gasteiger charge is 2.25. The maximum Gasteiger partial charge on any atom is 0.220 e. The van der Waals surface area contributed by atoms with Crippen LogP contribution < -0.4 is 15.1 Å². The zero-order chi connectivity index (χ0) is 17.8. The monoisotopic (exact) mass is 357 g/mol. The maximum absolute atomic E-state index is 12.4. The summed E-state index contributed by atoms with van der Waals surface area (Å²) < 4.78 is 0. The summed E-state index contributed by atoms with van der Waals surface area (Å²) in [5.74, 6) is 2.89. The number of carbonyl (C=O) groups excluding carboxylic acids is 1. The molecule has 1 aromatic heterocycles. The molecule has 3 aliphatic rings. The molecule has 6 heteroatoms. The summed E-state index contributed by atoms with van der Waals surface area (Å²) in [7, 11) is 0. The van der Waals surface area contributed by atoms with Crippen LogP contribution in [0.1, 0.15) is 57.8 Å². The van der Waals surface area contributed by atoms with E-state index in [1.54, 1.807) is 6.33 Å². The van der Waals surface area contributed by atoms with Gasteiger partial charge in [-0.2, -0.15) is 0 Å². The first-order valence-corrected chi connectivity index (χ1v) is 10.4. The Hall–Kier alpha value is -1.85. The molecule has 6 nitrogen and oxygen atoms in total. The van der Waals surface area contributed by atoms with Crippen LogP contribution in [0.15, 0.2) is 12.4 Å². The second kappa shape index (κ2) is 8.23. The van der Waals surface area contributed by atoms with Gasteiger partial charge in [0.15, 0.2) is 0 Å². The van der Waals surface area contributed by atoms with Crippen molar-refractivity contribution in [3.05, 3.63) is 12.4 Å². The third kappa shape index (κ3) is 4.27. The van der Waals surface area contributed by atoms with Crippen molar-refractivity contribution in [2.24, 2.45) is 5.92 Å². The summed E-state index contributed by atoms with van der Waals surface area (Å²) in [6.45, 7) is 4.05. The van der Waals surface area contributed by atoms with Crippen LogP contribution in [0.25, 0.3) is 0 Å².